The number of ether oxygens (including phenoxy) is 1. The number of fused-ring (bicyclic) bond motifs is 5. The monoisotopic (exact) mass is 529 g/mol. The van der Waals surface area contributed by atoms with Crippen LogP contribution in [0.25, 0.3) is 6.08 Å². The normalized spacial score (nSPS) is 21.8. The Morgan fingerprint density at radius 1 is 0.850 bits per heavy atom. The number of hydrogen-bond donors (Lipinski definition) is 0. The van der Waals surface area contributed by atoms with E-state index in [0.29, 0.717) is 28.1 Å². The van der Waals surface area contributed by atoms with Crippen LogP contribution < -0.4 is 9.64 Å². The summed E-state index contributed by atoms with van der Waals surface area (Å²) in [5, 5.41) is 0. The summed E-state index contributed by atoms with van der Waals surface area (Å²) in [5.41, 5.74) is 0.941. The number of methoxy groups -OCH3 is 1. The number of ketones is 3. The number of benzene rings is 4. The number of hydrogen-bond acceptors (Lipinski definition) is 5. The van der Waals surface area contributed by atoms with E-state index in [4.69, 9.17) is 4.74 Å². The molecule has 0 bridgehead atoms. The molecule has 0 saturated carbocycles. The molecular weight excluding hydrogens is 505 g/mol. The van der Waals surface area contributed by atoms with Gasteiger partial charge in [0.2, 0.25) is 0 Å². The lowest BCUT2D eigenvalue weighted by molar-refractivity contribution is 0.0664. The van der Waals surface area contributed by atoms with Crippen molar-refractivity contribution in [3.8, 4) is 5.75 Å². The molecule has 3 atom stereocenters. The van der Waals surface area contributed by atoms with Crippen LogP contribution in [0.15, 0.2) is 103 Å². The topological polar surface area (TPSA) is 63.7 Å². The summed E-state index contributed by atoms with van der Waals surface area (Å²) in [7, 11) is 1.52. The minimum Gasteiger partial charge on any atom is -0.497 e. The van der Waals surface area contributed by atoms with Gasteiger partial charge in [-0.25, -0.2) is 4.39 Å². The standard InChI is InChI=1S/C34H24FNO4/c1-40-22-11-8-10-21(19-22)31(37)30-29(25-14-5-6-15-26(25)35)34(32(38)23-12-3-4-13-24(23)33(34)39)28-18-17-20-9-2-7-16-27(20)36(28)30/h2-19,28-30H,1H3/t28-,29+,30-/m1/s1. The van der Waals surface area contributed by atoms with E-state index in [-0.39, 0.29) is 22.9 Å². The predicted octanol–water partition coefficient (Wildman–Crippen LogP) is 6.15. The number of rotatable bonds is 4. The van der Waals surface area contributed by atoms with Gasteiger partial charge in [0.15, 0.2) is 17.3 Å². The zero-order valence-corrected chi connectivity index (χ0v) is 21.6. The van der Waals surface area contributed by atoms with Gasteiger partial charge >= 0.3 is 0 Å². The summed E-state index contributed by atoms with van der Waals surface area (Å²) in [6, 6.07) is 25.4. The molecule has 0 radical (unpaired) electrons. The van der Waals surface area contributed by atoms with Crippen molar-refractivity contribution in [3.05, 3.63) is 137 Å². The van der Waals surface area contributed by atoms with Crippen molar-refractivity contribution in [1.29, 1.82) is 0 Å². The summed E-state index contributed by atoms with van der Waals surface area (Å²) >= 11 is 0. The Morgan fingerprint density at radius 2 is 1.52 bits per heavy atom. The molecule has 4 aromatic carbocycles. The summed E-state index contributed by atoms with van der Waals surface area (Å²) in [6.45, 7) is 0. The van der Waals surface area contributed by atoms with Crippen molar-refractivity contribution in [3.63, 3.8) is 0 Å². The maximum absolute atomic E-state index is 15.8. The molecule has 1 aliphatic carbocycles. The zero-order chi connectivity index (χ0) is 27.6. The predicted molar refractivity (Wildman–Crippen MR) is 150 cm³/mol. The highest BCUT2D eigenvalue weighted by atomic mass is 19.1. The first-order chi connectivity index (χ1) is 19.5. The second kappa shape index (κ2) is 8.85. The number of halogens is 1. The molecule has 0 amide bonds. The van der Waals surface area contributed by atoms with Gasteiger partial charge in [-0.15, -0.1) is 0 Å². The maximum Gasteiger partial charge on any atom is 0.186 e. The van der Waals surface area contributed by atoms with Crippen molar-refractivity contribution >= 4 is 29.1 Å². The Bertz CT molecular complexity index is 1720. The molecule has 6 heteroatoms. The Kier molecular flexibility index (Phi) is 5.36. The molecule has 2 heterocycles. The van der Waals surface area contributed by atoms with E-state index in [9.17, 15) is 14.4 Å². The van der Waals surface area contributed by atoms with Crippen LogP contribution in [0.1, 0.15) is 48.1 Å². The zero-order valence-electron chi connectivity index (χ0n) is 21.6. The molecule has 0 aromatic heterocycles. The Hall–Kier alpha value is -4.84. The molecule has 0 N–H and O–H groups in total. The van der Waals surface area contributed by atoms with Gasteiger partial charge in [0.05, 0.1) is 13.2 Å². The van der Waals surface area contributed by atoms with Gasteiger partial charge in [0, 0.05) is 28.3 Å². The largest absolute Gasteiger partial charge is 0.497 e. The summed E-state index contributed by atoms with van der Waals surface area (Å²) in [4.78, 5) is 45.6. The van der Waals surface area contributed by atoms with Crippen LogP contribution >= 0.6 is 0 Å². The van der Waals surface area contributed by atoms with Crippen LogP contribution in [0.4, 0.5) is 10.1 Å². The van der Waals surface area contributed by atoms with Gasteiger partial charge in [0.1, 0.15) is 23.0 Å². The molecule has 196 valence electrons. The van der Waals surface area contributed by atoms with E-state index < -0.39 is 29.2 Å². The molecule has 7 rings (SSSR count). The fourth-order valence-corrected chi connectivity index (χ4v) is 6.94. The number of carbonyl (C=O) groups excluding carboxylic acids is 3. The molecule has 5 nitrogen and oxygen atoms in total. The molecule has 1 spiro atoms. The SMILES string of the molecule is COc1cccc(C(=O)[C@H]2[C@H](c3ccccc3F)C3(C(=O)c4ccccc4C3=O)[C@H]3C=Cc4ccccc4N23)c1. The molecule has 40 heavy (non-hydrogen) atoms. The fraction of sp³-hybridized carbons (Fsp3) is 0.147. The van der Waals surface area contributed by atoms with Gasteiger partial charge < -0.3 is 9.64 Å². The quantitative estimate of drug-likeness (QED) is 0.234. The Morgan fingerprint density at radius 3 is 2.25 bits per heavy atom. The number of nitrogens with zero attached hydrogens (tertiary/aromatic N) is 1. The van der Waals surface area contributed by atoms with Crippen LogP contribution in [0.3, 0.4) is 0 Å². The average molecular weight is 530 g/mol. The highest BCUT2D eigenvalue weighted by Crippen LogP contribution is 2.61. The number of Topliss-reactive ketones (excluding diaryl/α,β-unsaturated/α-hetero) is 3. The van der Waals surface area contributed by atoms with Crippen molar-refractivity contribution in [1.82, 2.24) is 0 Å². The van der Waals surface area contributed by atoms with Gasteiger partial charge in [0.25, 0.3) is 0 Å². The van der Waals surface area contributed by atoms with Crippen molar-refractivity contribution in [2.75, 3.05) is 12.0 Å². The minimum atomic E-state index is -1.74. The van der Waals surface area contributed by atoms with Crippen LogP contribution in [-0.4, -0.2) is 36.5 Å². The van der Waals surface area contributed by atoms with E-state index in [1.807, 2.05) is 41.3 Å². The van der Waals surface area contributed by atoms with E-state index in [0.717, 1.165) is 5.56 Å². The van der Waals surface area contributed by atoms with E-state index in [1.54, 1.807) is 66.7 Å². The average Bonchev–Trinajstić information content (AvgIpc) is 3.43. The third kappa shape index (κ3) is 3.10. The van der Waals surface area contributed by atoms with Gasteiger partial charge in [-0.1, -0.05) is 84.9 Å². The lowest BCUT2D eigenvalue weighted by atomic mass is 9.64. The van der Waals surface area contributed by atoms with Crippen LogP contribution in [0.5, 0.6) is 5.75 Å². The second-order valence-corrected chi connectivity index (χ2v) is 10.4. The van der Waals surface area contributed by atoms with Crippen molar-refractivity contribution in [2.45, 2.75) is 18.0 Å². The second-order valence-electron chi connectivity index (χ2n) is 10.4. The summed E-state index contributed by atoms with van der Waals surface area (Å²) in [5.74, 6) is -2.26. The van der Waals surface area contributed by atoms with E-state index in [2.05, 4.69) is 0 Å². The summed E-state index contributed by atoms with van der Waals surface area (Å²) < 4.78 is 21.2. The molecule has 1 fully saturated rings. The molecular formula is C34H24FNO4. The summed E-state index contributed by atoms with van der Waals surface area (Å²) in [6.07, 6.45) is 3.72. The lowest BCUT2D eigenvalue weighted by Gasteiger charge is -2.37. The van der Waals surface area contributed by atoms with Gasteiger partial charge in [-0.2, -0.15) is 0 Å². The molecule has 3 aliphatic rings. The van der Waals surface area contributed by atoms with Crippen LogP contribution in [-0.2, 0) is 0 Å². The Balaban J connectivity index is 1.56. The highest BCUT2D eigenvalue weighted by Gasteiger charge is 2.71. The van der Waals surface area contributed by atoms with Crippen LogP contribution in [0.2, 0.25) is 0 Å². The first kappa shape index (κ1) is 24.2. The molecule has 4 aromatic rings. The molecule has 2 aliphatic heterocycles. The maximum atomic E-state index is 15.8. The number of anilines is 1. The third-order valence-electron chi connectivity index (χ3n) is 8.58. The van der Waals surface area contributed by atoms with Crippen LogP contribution in [0, 0.1) is 11.2 Å². The molecule has 0 unspecified atom stereocenters. The third-order valence-corrected chi connectivity index (χ3v) is 8.58. The number of para-hydroxylation sites is 1. The van der Waals surface area contributed by atoms with E-state index >= 15 is 4.39 Å². The smallest absolute Gasteiger partial charge is 0.186 e. The van der Waals surface area contributed by atoms with Gasteiger partial charge in [-0.3, -0.25) is 14.4 Å². The Labute approximate surface area is 230 Å². The number of carbonyl (C=O) groups is 3. The fourth-order valence-electron chi connectivity index (χ4n) is 6.94. The molecule has 1 saturated heterocycles. The first-order valence-corrected chi connectivity index (χ1v) is 13.2. The van der Waals surface area contributed by atoms with E-state index in [1.165, 1.54) is 13.2 Å². The first-order valence-electron chi connectivity index (χ1n) is 13.2. The minimum absolute atomic E-state index is 0.165. The highest BCUT2D eigenvalue weighted by molar-refractivity contribution is 6.32. The van der Waals surface area contributed by atoms with Crippen molar-refractivity contribution < 1.29 is 23.5 Å². The lowest BCUT2D eigenvalue weighted by Crippen LogP contribution is -2.48. The van der Waals surface area contributed by atoms with Crippen molar-refractivity contribution in [2.24, 2.45) is 5.41 Å². The van der Waals surface area contributed by atoms with Gasteiger partial charge in [-0.05, 0) is 35.4 Å².